The largest absolute Gasteiger partial charge is 0.417 e. The van der Waals surface area contributed by atoms with Crippen molar-refractivity contribution in [2.24, 2.45) is 0 Å². The summed E-state index contributed by atoms with van der Waals surface area (Å²) in [6.45, 7) is 1.91. The molecule has 5 nitrogen and oxygen atoms in total. The van der Waals surface area contributed by atoms with Gasteiger partial charge in [0.2, 0.25) is 0 Å². The number of benzene rings is 1. The zero-order valence-electron chi connectivity index (χ0n) is 9.10. The van der Waals surface area contributed by atoms with Crippen LogP contribution >= 0.6 is 0 Å². The van der Waals surface area contributed by atoms with E-state index in [1.54, 1.807) is 12.3 Å². The van der Waals surface area contributed by atoms with Crippen LogP contribution in [0.25, 0.3) is 22.2 Å². The number of nitrogens with zero attached hydrogens (tertiary/aromatic N) is 2. The van der Waals surface area contributed by atoms with E-state index in [2.05, 4.69) is 15.0 Å². The van der Waals surface area contributed by atoms with E-state index in [9.17, 15) is 4.79 Å². The number of rotatable bonds is 1. The zero-order chi connectivity index (χ0) is 11.8. The van der Waals surface area contributed by atoms with Crippen LogP contribution in [0.3, 0.4) is 0 Å². The average Bonchev–Trinajstić information content (AvgIpc) is 2.68. The van der Waals surface area contributed by atoms with Gasteiger partial charge in [-0.3, -0.25) is 4.98 Å². The first kappa shape index (κ1) is 9.77. The molecule has 0 saturated carbocycles. The number of nitrogens with one attached hydrogen (secondary N) is 1. The highest BCUT2D eigenvalue weighted by Gasteiger charge is 2.06. The second kappa shape index (κ2) is 3.55. The minimum Gasteiger partial charge on any atom is -0.408 e. The minimum atomic E-state index is -0.446. The van der Waals surface area contributed by atoms with Crippen molar-refractivity contribution < 1.29 is 4.42 Å². The van der Waals surface area contributed by atoms with Crippen LogP contribution in [0.4, 0.5) is 0 Å². The Kier molecular flexibility index (Phi) is 2.04. The molecule has 3 rings (SSSR count). The Labute approximate surface area is 96.1 Å². The number of hydrogen-bond acceptors (Lipinski definition) is 4. The van der Waals surface area contributed by atoms with Gasteiger partial charge in [0.25, 0.3) is 0 Å². The Hall–Kier alpha value is -2.43. The van der Waals surface area contributed by atoms with Crippen molar-refractivity contribution >= 4 is 11.1 Å². The van der Waals surface area contributed by atoms with Gasteiger partial charge in [-0.1, -0.05) is 6.07 Å². The number of aromatic nitrogens is 3. The number of H-pyrrole nitrogens is 1. The highest BCUT2D eigenvalue weighted by atomic mass is 16.4. The van der Waals surface area contributed by atoms with E-state index in [4.69, 9.17) is 4.42 Å². The van der Waals surface area contributed by atoms with Crippen LogP contribution in [0.1, 0.15) is 5.69 Å². The molecular weight excluding hydrogens is 218 g/mol. The maximum Gasteiger partial charge on any atom is 0.417 e. The van der Waals surface area contributed by atoms with Gasteiger partial charge in [-0.15, -0.1) is 0 Å². The van der Waals surface area contributed by atoms with E-state index >= 15 is 0 Å². The Morgan fingerprint density at radius 1 is 1.35 bits per heavy atom. The van der Waals surface area contributed by atoms with Gasteiger partial charge >= 0.3 is 5.76 Å². The summed E-state index contributed by atoms with van der Waals surface area (Å²) in [6.07, 6.45) is 3.25. The van der Waals surface area contributed by atoms with E-state index in [0.717, 1.165) is 16.8 Å². The Morgan fingerprint density at radius 2 is 2.24 bits per heavy atom. The summed E-state index contributed by atoms with van der Waals surface area (Å²) in [5.74, 6) is -0.446. The SMILES string of the molecule is Cc1ncncc1-c1ccc2[nH]c(=O)oc2c1. The molecule has 0 amide bonds. The monoisotopic (exact) mass is 227 g/mol. The molecule has 3 aromatic rings. The molecule has 0 aliphatic carbocycles. The first-order chi connectivity index (χ1) is 8.24. The first-order valence-electron chi connectivity index (χ1n) is 5.14. The summed E-state index contributed by atoms with van der Waals surface area (Å²) < 4.78 is 5.02. The summed E-state index contributed by atoms with van der Waals surface area (Å²) in [5, 5.41) is 0. The molecule has 0 spiro atoms. The lowest BCUT2D eigenvalue weighted by Gasteiger charge is -2.03. The Morgan fingerprint density at radius 3 is 3.06 bits per heavy atom. The number of aryl methyl sites for hydroxylation is 1. The molecule has 0 radical (unpaired) electrons. The van der Waals surface area contributed by atoms with Crippen molar-refractivity contribution in [1.82, 2.24) is 15.0 Å². The third kappa shape index (κ3) is 1.61. The fourth-order valence-electron chi connectivity index (χ4n) is 1.79. The lowest BCUT2D eigenvalue weighted by atomic mass is 10.1. The fraction of sp³-hybridized carbons (Fsp3) is 0.0833. The van der Waals surface area contributed by atoms with Crippen LogP contribution in [0.2, 0.25) is 0 Å². The maximum absolute atomic E-state index is 11.1. The van der Waals surface area contributed by atoms with Crippen LogP contribution in [0, 0.1) is 6.92 Å². The molecule has 1 N–H and O–H groups in total. The normalized spacial score (nSPS) is 10.9. The highest BCUT2D eigenvalue weighted by molar-refractivity contribution is 5.80. The molecule has 5 heteroatoms. The van der Waals surface area contributed by atoms with Gasteiger partial charge in [0.1, 0.15) is 6.33 Å². The standard InChI is InChI=1S/C12H9N3O2/c1-7-9(5-13-6-14-7)8-2-3-10-11(4-8)17-12(16)15-10/h2-6H,1H3,(H,15,16). The molecule has 0 aliphatic rings. The molecule has 0 unspecified atom stereocenters. The van der Waals surface area contributed by atoms with Crippen LogP contribution in [-0.2, 0) is 0 Å². The second-order valence-corrected chi connectivity index (χ2v) is 3.75. The molecule has 0 saturated heterocycles. The number of aromatic amines is 1. The Bertz CT molecular complexity index is 743. The van der Waals surface area contributed by atoms with E-state index in [1.165, 1.54) is 6.33 Å². The molecule has 0 aliphatic heterocycles. The summed E-state index contributed by atoms with van der Waals surface area (Å²) in [7, 11) is 0. The third-order valence-electron chi connectivity index (χ3n) is 2.64. The predicted octanol–water partition coefficient (Wildman–Crippen LogP) is 1.89. The average molecular weight is 227 g/mol. The first-order valence-corrected chi connectivity index (χ1v) is 5.14. The topological polar surface area (TPSA) is 71.8 Å². The van der Waals surface area contributed by atoms with E-state index in [0.29, 0.717) is 11.1 Å². The lowest BCUT2D eigenvalue weighted by molar-refractivity contribution is 0.555. The number of fused-ring (bicyclic) bond motifs is 1. The van der Waals surface area contributed by atoms with Crippen LogP contribution in [0.5, 0.6) is 0 Å². The van der Waals surface area contributed by atoms with E-state index in [-0.39, 0.29) is 0 Å². The molecule has 2 heterocycles. The molecule has 0 atom stereocenters. The van der Waals surface area contributed by atoms with Gasteiger partial charge < -0.3 is 4.42 Å². The summed E-state index contributed by atoms with van der Waals surface area (Å²) in [5.41, 5.74) is 3.97. The molecule has 1 aromatic carbocycles. The summed E-state index contributed by atoms with van der Waals surface area (Å²) in [4.78, 5) is 21.8. The second-order valence-electron chi connectivity index (χ2n) is 3.75. The zero-order valence-corrected chi connectivity index (χ0v) is 9.10. The van der Waals surface area contributed by atoms with Gasteiger partial charge in [-0.25, -0.2) is 14.8 Å². The van der Waals surface area contributed by atoms with Crippen molar-refractivity contribution in [2.75, 3.05) is 0 Å². The van der Waals surface area contributed by atoms with Crippen LogP contribution in [0.15, 0.2) is 39.9 Å². The summed E-state index contributed by atoms with van der Waals surface area (Å²) in [6, 6.07) is 5.51. The van der Waals surface area contributed by atoms with Gasteiger partial charge in [0, 0.05) is 17.5 Å². The molecule has 0 fully saturated rings. The molecular formula is C12H9N3O2. The lowest BCUT2D eigenvalue weighted by Crippen LogP contribution is -1.92. The van der Waals surface area contributed by atoms with Gasteiger partial charge in [0.05, 0.1) is 5.52 Å². The van der Waals surface area contributed by atoms with Gasteiger partial charge in [0.15, 0.2) is 5.58 Å². The quantitative estimate of drug-likeness (QED) is 0.689. The fourth-order valence-corrected chi connectivity index (χ4v) is 1.79. The highest BCUT2D eigenvalue weighted by Crippen LogP contribution is 2.24. The molecule has 2 aromatic heterocycles. The predicted molar refractivity (Wildman–Crippen MR) is 62.6 cm³/mol. The van der Waals surface area contributed by atoms with Gasteiger partial charge in [-0.05, 0) is 24.6 Å². The third-order valence-corrected chi connectivity index (χ3v) is 2.64. The maximum atomic E-state index is 11.1. The molecule has 0 bridgehead atoms. The molecule has 84 valence electrons. The smallest absolute Gasteiger partial charge is 0.408 e. The van der Waals surface area contributed by atoms with Crippen LogP contribution < -0.4 is 5.76 Å². The van der Waals surface area contributed by atoms with Crippen molar-refractivity contribution in [1.29, 1.82) is 0 Å². The summed E-state index contributed by atoms with van der Waals surface area (Å²) >= 11 is 0. The van der Waals surface area contributed by atoms with Crippen LogP contribution in [-0.4, -0.2) is 15.0 Å². The van der Waals surface area contributed by atoms with Crippen molar-refractivity contribution in [3.63, 3.8) is 0 Å². The number of hydrogen-bond donors (Lipinski definition) is 1. The minimum absolute atomic E-state index is 0.446. The van der Waals surface area contributed by atoms with E-state index < -0.39 is 5.76 Å². The van der Waals surface area contributed by atoms with Crippen molar-refractivity contribution in [3.8, 4) is 11.1 Å². The van der Waals surface area contributed by atoms with Crippen molar-refractivity contribution in [3.05, 3.63) is 47.0 Å². The number of oxazole rings is 1. The Balaban J connectivity index is 2.24. The van der Waals surface area contributed by atoms with Gasteiger partial charge in [-0.2, -0.15) is 0 Å². The van der Waals surface area contributed by atoms with Crippen molar-refractivity contribution in [2.45, 2.75) is 6.92 Å². The molecule has 17 heavy (non-hydrogen) atoms. The van der Waals surface area contributed by atoms with E-state index in [1.807, 2.05) is 19.1 Å².